The van der Waals surface area contributed by atoms with Gasteiger partial charge in [0.25, 0.3) is 8.05 Å². The van der Waals surface area contributed by atoms with Gasteiger partial charge in [0.05, 0.1) is 21.1 Å². The topological polar surface area (TPSA) is 9.23 Å². The van der Waals surface area contributed by atoms with Crippen LogP contribution in [-0.2, 0) is 4.65 Å². The number of hydrogen-bond acceptors (Lipinski definition) is 1. The van der Waals surface area contributed by atoms with Crippen molar-refractivity contribution >= 4 is 13.7 Å². The van der Waals surface area contributed by atoms with Crippen LogP contribution in [0.1, 0.15) is 26.2 Å². The first-order chi connectivity index (χ1) is 8.02. The van der Waals surface area contributed by atoms with Gasteiger partial charge in [-0.1, -0.05) is 38.0 Å². The molecule has 0 N–H and O–H groups in total. The highest BCUT2D eigenvalue weighted by Crippen LogP contribution is 2.14. The van der Waals surface area contributed by atoms with E-state index in [2.05, 4.69) is 52.3 Å². The van der Waals surface area contributed by atoms with Gasteiger partial charge in [-0.15, -0.1) is 0 Å². The zero-order valence-corrected chi connectivity index (χ0v) is 12.1. The quantitative estimate of drug-likeness (QED) is 0.434. The van der Waals surface area contributed by atoms with E-state index in [4.69, 9.17) is 4.65 Å². The summed E-state index contributed by atoms with van der Waals surface area (Å²) in [6.45, 7) is 3.11. The van der Waals surface area contributed by atoms with E-state index in [1.54, 1.807) is 8.05 Å². The molecule has 0 bridgehead atoms. The summed E-state index contributed by atoms with van der Waals surface area (Å²) in [5.74, 6) is 0. The molecule has 2 nitrogen and oxygen atoms in total. The predicted octanol–water partition coefficient (Wildman–Crippen LogP) is 2.62. The molecule has 0 aliphatic heterocycles. The second-order valence-corrected chi connectivity index (χ2v) is 5.05. The van der Waals surface area contributed by atoms with Crippen LogP contribution in [0, 0.1) is 0 Å². The van der Waals surface area contributed by atoms with Crippen molar-refractivity contribution in [1.29, 1.82) is 0 Å². The van der Waals surface area contributed by atoms with Crippen molar-refractivity contribution in [2.75, 3.05) is 27.7 Å². The van der Waals surface area contributed by atoms with Gasteiger partial charge in [-0.05, 0) is 18.6 Å². The first-order valence-electron chi connectivity index (χ1n) is 6.38. The van der Waals surface area contributed by atoms with Gasteiger partial charge < -0.3 is 4.65 Å². The molecule has 0 spiro atoms. The van der Waals surface area contributed by atoms with Gasteiger partial charge in [0.2, 0.25) is 0 Å². The molecule has 0 atom stereocenters. The molecule has 1 aromatic carbocycles. The number of para-hydroxylation sites is 1. The second-order valence-electron chi connectivity index (χ2n) is 5.05. The lowest BCUT2D eigenvalue weighted by Crippen LogP contribution is -2.34. The average molecular weight is 236 g/mol. The fraction of sp³-hybridized carbons (Fsp3) is 0.571. The average Bonchev–Trinajstić information content (AvgIpc) is 2.31. The first kappa shape index (κ1) is 16.2. The van der Waals surface area contributed by atoms with Gasteiger partial charge in [0, 0.05) is 6.61 Å². The van der Waals surface area contributed by atoms with Crippen LogP contribution in [0.2, 0.25) is 0 Å². The van der Waals surface area contributed by atoms with Crippen molar-refractivity contribution in [1.82, 2.24) is 4.48 Å². The van der Waals surface area contributed by atoms with Crippen molar-refractivity contribution in [3.05, 3.63) is 30.3 Å². The highest BCUT2D eigenvalue weighted by atomic mass is 16.4. The zero-order valence-electron chi connectivity index (χ0n) is 12.1. The van der Waals surface area contributed by atoms with Crippen LogP contribution in [0.3, 0.4) is 0 Å². The summed E-state index contributed by atoms with van der Waals surface area (Å²) < 4.78 is 5.73. The SMILES string of the molecule is BOCCCCC.C[N+](C)(C)c1ccccc1. The number of quaternary nitrogens is 1. The van der Waals surface area contributed by atoms with Crippen LogP contribution in [-0.4, -0.2) is 35.8 Å². The molecule has 96 valence electrons. The third-order valence-electron chi connectivity index (χ3n) is 2.48. The Morgan fingerprint density at radius 2 is 1.65 bits per heavy atom. The molecule has 0 aromatic heterocycles. The van der Waals surface area contributed by atoms with Gasteiger partial charge in [0.1, 0.15) is 5.69 Å². The number of rotatable bonds is 5. The second kappa shape index (κ2) is 9.26. The van der Waals surface area contributed by atoms with E-state index in [9.17, 15) is 0 Å². The lowest BCUT2D eigenvalue weighted by Gasteiger charge is -2.22. The molecule has 0 unspecified atom stereocenters. The lowest BCUT2D eigenvalue weighted by atomic mass is 10.3. The van der Waals surface area contributed by atoms with Crippen molar-refractivity contribution in [3.63, 3.8) is 0 Å². The Kier molecular flexibility index (Phi) is 8.82. The Labute approximate surface area is 108 Å². The van der Waals surface area contributed by atoms with Crippen LogP contribution in [0.4, 0.5) is 5.69 Å². The Bertz CT molecular complexity index is 265. The first-order valence-corrected chi connectivity index (χ1v) is 6.38. The van der Waals surface area contributed by atoms with Crippen molar-refractivity contribution in [2.24, 2.45) is 0 Å². The molecule has 0 aliphatic rings. The lowest BCUT2D eigenvalue weighted by molar-refractivity contribution is 0.335. The van der Waals surface area contributed by atoms with Gasteiger partial charge in [-0.2, -0.15) is 0 Å². The Morgan fingerprint density at radius 1 is 1.06 bits per heavy atom. The Hall–Kier alpha value is -0.795. The largest absolute Gasteiger partial charge is 0.444 e. The summed E-state index contributed by atoms with van der Waals surface area (Å²) in [5, 5.41) is 0. The smallest absolute Gasteiger partial charge is 0.257 e. The van der Waals surface area contributed by atoms with E-state index in [1.807, 2.05) is 6.07 Å². The summed E-state index contributed by atoms with van der Waals surface area (Å²) in [6.07, 6.45) is 3.80. The fourth-order valence-corrected chi connectivity index (χ4v) is 1.37. The summed E-state index contributed by atoms with van der Waals surface area (Å²) in [4.78, 5) is 0. The number of unbranched alkanes of at least 4 members (excludes halogenated alkanes) is 2. The fourth-order valence-electron chi connectivity index (χ4n) is 1.37. The molecule has 0 radical (unpaired) electrons. The predicted molar refractivity (Wildman–Crippen MR) is 80.0 cm³/mol. The molecule has 17 heavy (non-hydrogen) atoms. The maximum absolute atomic E-state index is 4.84. The maximum Gasteiger partial charge on any atom is 0.257 e. The minimum Gasteiger partial charge on any atom is -0.444 e. The monoisotopic (exact) mass is 236 g/mol. The van der Waals surface area contributed by atoms with Gasteiger partial charge in [0.15, 0.2) is 0 Å². The van der Waals surface area contributed by atoms with E-state index < -0.39 is 0 Å². The molecule has 0 heterocycles. The molecular weight excluding hydrogens is 209 g/mol. The van der Waals surface area contributed by atoms with E-state index in [0.717, 1.165) is 11.1 Å². The van der Waals surface area contributed by atoms with Gasteiger partial charge >= 0.3 is 0 Å². The minimum atomic E-state index is 0.890. The molecule has 1 aromatic rings. The molecule has 0 fully saturated rings. The molecule has 1 rings (SSSR count). The van der Waals surface area contributed by atoms with E-state index in [-0.39, 0.29) is 0 Å². The molecule has 3 heteroatoms. The number of nitrogens with zero attached hydrogens (tertiary/aromatic N) is 1. The van der Waals surface area contributed by atoms with Crippen LogP contribution in [0.25, 0.3) is 0 Å². The maximum atomic E-state index is 4.84. The summed E-state index contributed by atoms with van der Waals surface area (Å²) in [6, 6.07) is 10.5. The van der Waals surface area contributed by atoms with Crippen LogP contribution in [0.15, 0.2) is 30.3 Å². The summed E-state index contributed by atoms with van der Waals surface area (Å²) in [7, 11) is 8.23. The van der Waals surface area contributed by atoms with Crippen molar-refractivity contribution in [2.45, 2.75) is 26.2 Å². The standard InChI is InChI=1S/C9H14N.C5H13BO/c1-10(2,3)9-7-5-4-6-8-9;1-2-3-4-5-7-6/h4-8H,1-3H3;2-6H2,1H3/q+1;. The molecule has 0 amide bonds. The highest BCUT2D eigenvalue weighted by Gasteiger charge is 2.08. The van der Waals surface area contributed by atoms with Gasteiger partial charge in [-0.25, -0.2) is 0 Å². The van der Waals surface area contributed by atoms with Crippen molar-refractivity contribution < 1.29 is 4.65 Å². The van der Waals surface area contributed by atoms with Gasteiger partial charge in [-0.3, -0.25) is 4.48 Å². The molecular formula is C14H27BNO+. The van der Waals surface area contributed by atoms with Crippen LogP contribution >= 0.6 is 0 Å². The highest BCUT2D eigenvalue weighted by molar-refractivity contribution is 5.97. The van der Waals surface area contributed by atoms with Crippen LogP contribution < -0.4 is 4.48 Å². The Morgan fingerprint density at radius 3 is 2.00 bits per heavy atom. The zero-order chi connectivity index (χ0) is 13.1. The minimum absolute atomic E-state index is 0.890. The summed E-state index contributed by atoms with van der Waals surface area (Å²) >= 11 is 0. The van der Waals surface area contributed by atoms with E-state index >= 15 is 0 Å². The van der Waals surface area contributed by atoms with E-state index in [1.165, 1.54) is 24.9 Å². The van der Waals surface area contributed by atoms with Crippen molar-refractivity contribution in [3.8, 4) is 0 Å². The number of benzene rings is 1. The Balaban J connectivity index is 0.000000325. The third kappa shape index (κ3) is 8.96. The molecule has 0 saturated carbocycles. The third-order valence-corrected chi connectivity index (χ3v) is 2.48. The summed E-state index contributed by atoms with van der Waals surface area (Å²) in [5.41, 5.74) is 1.34. The van der Waals surface area contributed by atoms with E-state index in [0.29, 0.717) is 0 Å². The molecule has 0 saturated heterocycles. The normalized spacial score (nSPS) is 10.6. The molecule has 0 aliphatic carbocycles. The number of hydrogen-bond donors (Lipinski definition) is 0. The van der Waals surface area contributed by atoms with Crippen LogP contribution in [0.5, 0.6) is 0 Å².